The molecule has 3 aromatic rings. The second-order valence-corrected chi connectivity index (χ2v) is 6.28. The Morgan fingerprint density at radius 3 is 2.68 bits per heavy atom. The lowest BCUT2D eigenvalue weighted by Crippen LogP contribution is -2.19. The van der Waals surface area contributed by atoms with E-state index >= 15 is 0 Å². The number of aromatic amines is 1. The summed E-state index contributed by atoms with van der Waals surface area (Å²) in [6.45, 7) is 1.79. The number of rotatable bonds is 5. The van der Waals surface area contributed by atoms with Crippen LogP contribution in [0.2, 0.25) is 0 Å². The van der Waals surface area contributed by atoms with Gasteiger partial charge in [-0.2, -0.15) is 5.10 Å². The summed E-state index contributed by atoms with van der Waals surface area (Å²) in [6.07, 6.45) is 1.56. The lowest BCUT2D eigenvalue weighted by Gasteiger charge is -2.05. The van der Waals surface area contributed by atoms with Crippen LogP contribution in [-0.2, 0) is 0 Å². The smallest absolute Gasteiger partial charge is 0.330 e. The number of hydrogen-bond donors (Lipinski definition) is 2. The number of anilines is 1. The monoisotopic (exact) mass is 353 g/mol. The number of carbonyl (C=O) groups is 1. The second-order valence-electron chi connectivity index (χ2n) is 5.23. The fourth-order valence-electron chi connectivity index (χ4n) is 2.17. The number of ether oxygens (including phenoxy) is 1. The van der Waals surface area contributed by atoms with E-state index in [0.717, 1.165) is 11.3 Å². The maximum absolute atomic E-state index is 12.1. The Morgan fingerprint density at radius 2 is 1.96 bits per heavy atom. The molecular weight excluding hydrogens is 336 g/mol. The van der Waals surface area contributed by atoms with Crippen LogP contribution in [0.3, 0.4) is 0 Å². The number of carbonyl (C=O) groups excluding carboxylic acids is 1. The average Bonchev–Trinajstić information content (AvgIpc) is 2.94. The number of benzene rings is 2. The van der Waals surface area contributed by atoms with E-state index in [1.54, 1.807) is 13.1 Å². The maximum atomic E-state index is 12.1. The van der Waals surface area contributed by atoms with E-state index in [1.165, 1.54) is 11.3 Å². The van der Waals surface area contributed by atoms with E-state index in [0.29, 0.717) is 21.5 Å². The molecule has 4 N–H and O–H groups in total. The van der Waals surface area contributed by atoms with E-state index in [9.17, 15) is 4.79 Å². The summed E-state index contributed by atoms with van der Waals surface area (Å²) in [4.78, 5) is 15.5. The lowest BCUT2D eigenvalue weighted by molar-refractivity contribution is -0.363. The number of nitrogens with two attached hydrogens (primary N) is 1. The van der Waals surface area contributed by atoms with Crippen molar-refractivity contribution in [1.82, 2.24) is 5.43 Å². The zero-order valence-electron chi connectivity index (χ0n) is 13.5. The van der Waals surface area contributed by atoms with Gasteiger partial charge in [-0.1, -0.05) is 30.3 Å². The minimum Gasteiger partial charge on any atom is -0.457 e. The molecule has 1 heterocycles. The molecule has 7 heteroatoms. The van der Waals surface area contributed by atoms with Gasteiger partial charge in [-0.3, -0.25) is 10.5 Å². The van der Waals surface area contributed by atoms with Crippen molar-refractivity contribution in [2.24, 2.45) is 5.10 Å². The Balaban J connectivity index is 1.64. The Hall–Kier alpha value is -3.19. The topological polar surface area (TPSA) is 90.8 Å². The van der Waals surface area contributed by atoms with E-state index in [-0.39, 0.29) is 5.91 Å². The zero-order chi connectivity index (χ0) is 17.6. The molecule has 0 spiro atoms. The number of amides is 1. The van der Waals surface area contributed by atoms with Crippen molar-refractivity contribution in [3.05, 3.63) is 70.7 Å². The maximum Gasteiger partial charge on any atom is 0.330 e. The third-order valence-corrected chi connectivity index (χ3v) is 4.30. The van der Waals surface area contributed by atoms with E-state index in [2.05, 4.69) is 15.5 Å². The third-order valence-electron chi connectivity index (χ3n) is 3.29. The molecule has 0 unspecified atom stereocenters. The zero-order valence-corrected chi connectivity index (χ0v) is 14.3. The summed E-state index contributed by atoms with van der Waals surface area (Å²) in [5.41, 5.74) is 9.67. The molecule has 0 atom stereocenters. The van der Waals surface area contributed by atoms with Gasteiger partial charge in [0, 0.05) is 0 Å². The van der Waals surface area contributed by atoms with E-state index in [4.69, 9.17) is 10.5 Å². The molecule has 0 saturated heterocycles. The number of nitrogens with zero attached hydrogens (tertiary/aromatic N) is 1. The van der Waals surface area contributed by atoms with Gasteiger partial charge in [0.1, 0.15) is 22.1 Å². The fraction of sp³-hybridized carbons (Fsp3) is 0.0556. The quantitative estimate of drug-likeness (QED) is 0.546. The number of H-pyrrole nitrogens is 1. The van der Waals surface area contributed by atoms with Crippen molar-refractivity contribution in [3.8, 4) is 11.5 Å². The highest BCUT2D eigenvalue weighted by Gasteiger charge is 2.16. The Bertz CT molecular complexity index is 906. The standard InChI is InChI=1S/C18H16N4O2S/c1-12-16(25-18(19)21-12)17(23)22-20-11-13-6-5-9-15(10-13)24-14-7-3-2-4-8-14/h2-11H,1H3,(H2,19,21)(H,22,23)/p+1. The molecule has 3 rings (SSSR count). The van der Waals surface area contributed by atoms with Gasteiger partial charge >= 0.3 is 5.13 Å². The number of hydrogen-bond acceptors (Lipinski definition) is 5. The molecule has 0 aliphatic heterocycles. The van der Waals surface area contributed by atoms with Gasteiger partial charge in [-0.25, -0.2) is 10.4 Å². The largest absolute Gasteiger partial charge is 0.457 e. The molecular formula is C18H17N4O2S+. The van der Waals surface area contributed by atoms with Crippen molar-refractivity contribution < 1.29 is 14.5 Å². The average molecular weight is 353 g/mol. The third kappa shape index (κ3) is 4.42. The minimum absolute atomic E-state index is 0.302. The Labute approximate surface area is 149 Å². The number of aryl methyl sites for hydroxylation is 1. The predicted molar refractivity (Wildman–Crippen MR) is 98.0 cm³/mol. The van der Waals surface area contributed by atoms with Crippen LogP contribution >= 0.6 is 11.3 Å². The normalized spacial score (nSPS) is 10.8. The van der Waals surface area contributed by atoms with Gasteiger partial charge in [-0.05, 0) is 48.1 Å². The molecule has 2 aromatic carbocycles. The highest BCUT2D eigenvalue weighted by atomic mass is 32.1. The first-order valence-electron chi connectivity index (χ1n) is 7.56. The highest BCUT2D eigenvalue weighted by molar-refractivity contribution is 7.16. The van der Waals surface area contributed by atoms with Crippen LogP contribution in [0.15, 0.2) is 59.7 Å². The number of thiazole rings is 1. The highest BCUT2D eigenvalue weighted by Crippen LogP contribution is 2.21. The van der Waals surface area contributed by atoms with Gasteiger partial charge in [0.15, 0.2) is 0 Å². The molecule has 1 amide bonds. The van der Waals surface area contributed by atoms with E-state index in [1.807, 2.05) is 54.6 Å². The van der Waals surface area contributed by atoms with Gasteiger partial charge in [-0.15, -0.1) is 0 Å². The van der Waals surface area contributed by atoms with Crippen LogP contribution in [0, 0.1) is 6.92 Å². The van der Waals surface area contributed by atoms with Gasteiger partial charge in [0.2, 0.25) is 0 Å². The number of aromatic nitrogens is 1. The molecule has 0 saturated carbocycles. The minimum atomic E-state index is -0.302. The summed E-state index contributed by atoms with van der Waals surface area (Å²) in [5.74, 6) is 1.15. The number of hydrazone groups is 1. The molecule has 0 aliphatic rings. The summed E-state index contributed by atoms with van der Waals surface area (Å²) in [5, 5.41) is 4.47. The van der Waals surface area contributed by atoms with Gasteiger partial charge in [0.25, 0.3) is 5.91 Å². The number of para-hydroxylation sites is 1. The summed E-state index contributed by atoms with van der Waals surface area (Å²) in [6, 6.07) is 16.9. The van der Waals surface area contributed by atoms with Crippen molar-refractivity contribution in [3.63, 3.8) is 0 Å². The first kappa shape index (κ1) is 16.7. The van der Waals surface area contributed by atoms with Crippen molar-refractivity contribution >= 4 is 28.6 Å². The molecule has 0 aliphatic carbocycles. The summed E-state index contributed by atoms with van der Waals surface area (Å²) < 4.78 is 5.77. The van der Waals surface area contributed by atoms with Crippen LogP contribution < -0.4 is 20.9 Å². The number of nitrogen functional groups attached to an aromatic ring is 1. The second kappa shape index (κ2) is 7.59. The molecule has 25 heavy (non-hydrogen) atoms. The van der Waals surface area contributed by atoms with Crippen LogP contribution in [0.4, 0.5) is 5.13 Å². The fourth-order valence-corrected chi connectivity index (χ4v) is 2.94. The van der Waals surface area contributed by atoms with Crippen LogP contribution in [0.1, 0.15) is 20.9 Å². The lowest BCUT2D eigenvalue weighted by atomic mass is 10.2. The molecule has 6 nitrogen and oxygen atoms in total. The first-order chi connectivity index (χ1) is 12.1. The van der Waals surface area contributed by atoms with Crippen LogP contribution in [0.25, 0.3) is 0 Å². The summed E-state index contributed by atoms with van der Waals surface area (Å²) in [7, 11) is 0. The Morgan fingerprint density at radius 1 is 1.20 bits per heavy atom. The molecule has 0 radical (unpaired) electrons. The van der Waals surface area contributed by atoms with Crippen molar-refractivity contribution in [1.29, 1.82) is 0 Å². The molecule has 126 valence electrons. The SMILES string of the molecule is Cc1[nH+]c(N)sc1C(=O)NN=Cc1cccc(Oc2ccccc2)c1. The Kier molecular flexibility index (Phi) is 5.06. The first-order valence-corrected chi connectivity index (χ1v) is 8.38. The molecule has 0 fully saturated rings. The van der Waals surface area contributed by atoms with Crippen molar-refractivity contribution in [2.45, 2.75) is 6.92 Å². The van der Waals surface area contributed by atoms with Crippen LogP contribution in [-0.4, -0.2) is 12.1 Å². The predicted octanol–water partition coefficient (Wildman–Crippen LogP) is 3.01. The molecule has 1 aromatic heterocycles. The van der Waals surface area contributed by atoms with Crippen molar-refractivity contribution in [2.75, 3.05) is 5.73 Å². The molecule has 0 bridgehead atoms. The summed E-state index contributed by atoms with van der Waals surface area (Å²) >= 11 is 1.19. The van der Waals surface area contributed by atoms with Gasteiger partial charge in [0.05, 0.1) is 6.21 Å². The number of nitrogens with one attached hydrogen (secondary N) is 2. The van der Waals surface area contributed by atoms with E-state index < -0.39 is 0 Å². The van der Waals surface area contributed by atoms with Gasteiger partial charge < -0.3 is 4.74 Å². The van der Waals surface area contributed by atoms with Crippen LogP contribution in [0.5, 0.6) is 11.5 Å².